The van der Waals surface area contributed by atoms with Crippen molar-refractivity contribution in [3.05, 3.63) is 170 Å². The van der Waals surface area contributed by atoms with Gasteiger partial charge < -0.3 is 98.5 Å². The molecule has 21 heteroatoms. The van der Waals surface area contributed by atoms with Crippen molar-refractivity contribution in [3.8, 4) is 91.5 Å². The molecule has 8 bridgehead atoms. The molecular weight excluding hydrogens is 1260 g/mol. The Hall–Kier alpha value is -8.06. The summed E-state index contributed by atoms with van der Waals surface area (Å²) < 4.78 is 29.9. The number of ether oxygens (including phenoxy) is 4. The molecule has 0 amide bonds. The van der Waals surface area contributed by atoms with E-state index in [1.165, 1.54) is 0 Å². The van der Waals surface area contributed by atoms with Crippen LogP contribution in [0.1, 0.15) is 0 Å². The Morgan fingerprint density at radius 2 is 0.562 bits per heavy atom. The first-order valence-corrected chi connectivity index (χ1v) is 27.7. The SMILES string of the molecule is C[N+](C)(C)c1cccc(Oc2cccc3c2-c2nc-3nc3[n-]c(nc4nc(nc5[n-]c(n2)c2cccc(Oc6cccc([N+](C)(C)C)c6)c52)-c2c(Oc5cccc([N+](C)(C)C)c5)cccc2-4)c2c(Oc4cccc([N+](C)(C)C)c4)cccc32)c1.[Cl-].[Cl-].[Cl-].[Cl-].[Zn+2]. The number of halogens is 4. The van der Waals surface area contributed by atoms with E-state index in [9.17, 15) is 0 Å². The molecule has 0 radical (unpaired) electrons. The van der Waals surface area contributed by atoms with Gasteiger partial charge in [0.1, 0.15) is 68.7 Å². The van der Waals surface area contributed by atoms with Gasteiger partial charge in [0, 0.05) is 68.8 Å². The van der Waals surface area contributed by atoms with E-state index >= 15 is 0 Å². The van der Waals surface area contributed by atoms with Gasteiger partial charge in [-0.15, -0.1) is 0 Å². The second-order valence-electron chi connectivity index (χ2n) is 24.6. The first-order chi connectivity index (χ1) is 40.1. The Labute approximate surface area is 555 Å². The second-order valence-corrected chi connectivity index (χ2v) is 24.6. The minimum absolute atomic E-state index is 0. The number of quaternary nitrogens is 4. The molecule has 0 spiro atoms. The predicted octanol–water partition coefficient (Wildman–Crippen LogP) is 2.10. The summed E-state index contributed by atoms with van der Waals surface area (Å²) in [5, 5.41) is 2.59. The maximum Gasteiger partial charge on any atom is 2.00 e. The van der Waals surface area contributed by atoms with E-state index in [1.54, 1.807) is 0 Å². The van der Waals surface area contributed by atoms with Crippen LogP contribution in [-0.2, 0) is 19.5 Å². The molecular formula is C68H64Cl4N12O4Zn. The Kier molecular flexibility index (Phi) is 19.1. The first-order valence-electron chi connectivity index (χ1n) is 27.7. The average Bonchev–Trinajstić information content (AvgIpc) is 1.71. The molecule has 8 aromatic carbocycles. The molecule has 0 fully saturated rings. The summed E-state index contributed by atoms with van der Waals surface area (Å²) in [4.78, 5) is 42.8. The van der Waals surface area contributed by atoms with E-state index in [-0.39, 0.29) is 69.1 Å². The predicted molar refractivity (Wildman–Crippen MR) is 338 cm³/mol. The third-order valence-corrected chi connectivity index (χ3v) is 14.9. The molecule has 89 heavy (non-hydrogen) atoms. The molecule has 0 aliphatic carbocycles. The summed E-state index contributed by atoms with van der Waals surface area (Å²) in [6.07, 6.45) is 0. The third-order valence-electron chi connectivity index (χ3n) is 14.9. The number of hydrogen-bond donors (Lipinski definition) is 0. The fraction of sp³-hybridized carbons (Fsp3) is 0.176. The van der Waals surface area contributed by atoms with E-state index in [4.69, 9.17) is 58.8 Å². The summed E-state index contributed by atoms with van der Waals surface area (Å²) in [5.74, 6) is 6.03. The van der Waals surface area contributed by atoms with Crippen molar-refractivity contribution < 1.29 is 88.1 Å². The third kappa shape index (κ3) is 13.2. The molecule has 2 aliphatic heterocycles. The normalized spacial score (nSPS) is 11.8. The number of hydrogen-bond acceptors (Lipinski definition) is 10. The van der Waals surface area contributed by atoms with Crippen LogP contribution in [0.4, 0.5) is 22.7 Å². The topological polar surface area (TPSA) is 142 Å². The number of aromatic nitrogens is 8. The number of benzene rings is 8. The zero-order valence-electron chi connectivity index (χ0n) is 51.4. The number of nitrogens with zero attached hydrogens (tertiary/aromatic N) is 12. The number of fused-ring (bicyclic) bond motifs is 20. The Morgan fingerprint density at radius 1 is 0.292 bits per heavy atom. The van der Waals surface area contributed by atoms with Crippen molar-refractivity contribution in [2.45, 2.75) is 0 Å². The Balaban J connectivity index is 0.00000205. The fourth-order valence-corrected chi connectivity index (χ4v) is 10.4. The van der Waals surface area contributed by atoms with E-state index in [2.05, 4.69) is 109 Å². The van der Waals surface area contributed by atoms with Gasteiger partial charge in [0.15, 0.2) is 0 Å². The largest absolute Gasteiger partial charge is 2.00 e. The van der Waals surface area contributed by atoms with Crippen LogP contribution in [0.15, 0.2) is 170 Å². The van der Waals surface area contributed by atoms with Gasteiger partial charge in [-0.25, -0.2) is 9.97 Å². The second kappa shape index (κ2) is 25.4. The Morgan fingerprint density at radius 3 is 0.899 bits per heavy atom. The van der Waals surface area contributed by atoms with Gasteiger partial charge in [0.05, 0.1) is 119 Å². The quantitative estimate of drug-likeness (QED) is 0.131. The van der Waals surface area contributed by atoms with Crippen LogP contribution in [0.25, 0.3) is 89.7 Å². The van der Waals surface area contributed by atoms with Crippen molar-refractivity contribution in [1.82, 2.24) is 57.8 Å². The minimum atomic E-state index is 0. The molecule has 0 saturated heterocycles. The van der Waals surface area contributed by atoms with Crippen LogP contribution < -0.4 is 96.5 Å². The van der Waals surface area contributed by atoms with Gasteiger partial charge in [-0.2, -0.15) is 0 Å². The number of rotatable bonds is 12. The molecule has 2 aliphatic rings. The van der Waals surface area contributed by atoms with Crippen molar-refractivity contribution in [2.24, 2.45) is 0 Å². The van der Waals surface area contributed by atoms with Crippen LogP contribution in [0, 0.1) is 0 Å². The summed E-state index contributed by atoms with van der Waals surface area (Å²) in [6, 6.07) is 55.7. The molecule has 0 unspecified atom stereocenters. The van der Waals surface area contributed by atoms with Crippen molar-refractivity contribution in [1.29, 1.82) is 0 Å². The molecule has 0 atom stereocenters. The molecule has 16 nitrogen and oxygen atoms in total. The zero-order valence-corrected chi connectivity index (χ0v) is 57.4. The molecule has 3 aromatic heterocycles. The van der Waals surface area contributed by atoms with Crippen LogP contribution in [0.5, 0.6) is 46.0 Å². The minimum Gasteiger partial charge on any atom is -1.00 e. The maximum absolute atomic E-state index is 6.90. The summed E-state index contributed by atoms with van der Waals surface area (Å²) >= 11 is 0. The van der Waals surface area contributed by atoms with Crippen LogP contribution in [0.3, 0.4) is 0 Å². The van der Waals surface area contributed by atoms with Gasteiger partial charge in [0.25, 0.3) is 0 Å². The molecule has 13 rings (SSSR count). The molecule has 0 N–H and O–H groups in total. The fourth-order valence-electron chi connectivity index (χ4n) is 10.4. The summed E-state index contributed by atoms with van der Waals surface area (Å²) in [7, 11) is 25.5. The molecule has 11 aromatic rings. The van der Waals surface area contributed by atoms with Crippen molar-refractivity contribution >= 4 is 66.9 Å². The monoisotopic (exact) mass is 1320 g/mol. The zero-order chi connectivity index (χ0) is 58.5. The molecule has 0 saturated carbocycles. The van der Waals surface area contributed by atoms with Gasteiger partial charge >= 0.3 is 19.5 Å². The van der Waals surface area contributed by atoms with E-state index in [1.807, 2.05) is 146 Å². The molecule has 5 heterocycles. The summed E-state index contributed by atoms with van der Waals surface area (Å²) in [6.45, 7) is 0. The summed E-state index contributed by atoms with van der Waals surface area (Å²) in [5.41, 5.74) is 8.20. The van der Waals surface area contributed by atoms with Crippen LogP contribution in [0.2, 0.25) is 0 Å². The van der Waals surface area contributed by atoms with E-state index in [0.29, 0.717) is 154 Å². The molecule has 450 valence electrons. The van der Waals surface area contributed by atoms with Crippen LogP contribution >= 0.6 is 0 Å². The van der Waals surface area contributed by atoms with Crippen LogP contribution in [-0.4, -0.2) is 114 Å². The van der Waals surface area contributed by atoms with E-state index in [0.717, 1.165) is 22.7 Å². The smallest absolute Gasteiger partial charge is 1.00 e. The van der Waals surface area contributed by atoms with Crippen molar-refractivity contribution in [3.63, 3.8) is 0 Å². The average molecular weight is 1320 g/mol. The van der Waals surface area contributed by atoms with Crippen molar-refractivity contribution in [2.75, 3.05) is 84.6 Å². The standard InChI is InChI=1S/C68H64N12O4.4ClH.Zn/c1-77(2,3)41-21-13-25-45(37-41)81-53-33-17-29-49-57(53)65-70-61(49)69-62-50-30-18-34-54(82-46-26-14-22-42(38-46)78(4,5)6)58(50)66(71-62)73-64-52-32-20-36-56(84-48-28-16-24-44(40-48)80(10,11)12)60(52)68(75-64)76-67-59-51(63(72-65)74-67)31-19-35-55(59)83-47-27-15-23-43(39-47)79(7,8)9;;;;;/h13-40H,1-12H3;4*1H;/q+2;;;;;+2/p-4. The van der Waals surface area contributed by atoms with Gasteiger partial charge in [0.2, 0.25) is 0 Å². The van der Waals surface area contributed by atoms with Gasteiger partial charge in [-0.3, -0.25) is 17.9 Å². The van der Waals surface area contributed by atoms with Gasteiger partial charge in [-0.05, 0) is 83.6 Å². The van der Waals surface area contributed by atoms with E-state index < -0.39 is 0 Å². The first kappa shape index (κ1) is 66.9. The van der Waals surface area contributed by atoms with Gasteiger partial charge in [-0.1, -0.05) is 72.8 Å². The maximum atomic E-state index is 6.90. The Bertz CT molecular complexity index is 4670.